The van der Waals surface area contributed by atoms with Gasteiger partial charge in [-0.1, -0.05) is 13.0 Å². The molecule has 1 aromatic rings. The maximum Gasteiger partial charge on any atom is 0.243 e. The molecule has 0 aliphatic rings. The van der Waals surface area contributed by atoms with Crippen molar-refractivity contribution in [3.8, 4) is 0 Å². The molecule has 0 radical (unpaired) electrons. The largest absolute Gasteiger partial charge is 0.373 e. The van der Waals surface area contributed by atoms with Crippen molar-refractivity contribution in [3.05, 3.63) is 24.2 Å². The highest BCUT2D eigenvalue weighted by Crippen LogP contribution is 2.24. The molecular weight excluding hydrogens is 282 g/mol. The van der Waals surface area contributed by atoms with Gasteiger partial charge in [-0.15, -0.1) is 0 Å². The van der Waals surface area contributed by atoms with Gasteiger partial charge < -0.3 is 10.2 Å². The highest BCUT2D eigenvalue weighted by molar-refractivity contribution is 5.74. The summed E-state index contributed by atoms with van der Waals surface area (Å²) in [6.45, 7) is 8.71. The minimum Gasteiger partial charge on any atom is -0.373 e. The summed E-state index contributed by atoms with van der Waals surface area (Å²) in [5.74, 6) is 1.30. The van der Waals surface area contributed by atoms with E-state index >= 15 is 0 Å². The van der Waals surface area contributed by atoms with E-state index in [9.17, 15) is 4.79 Å². The Bertz CT molecular complexity index is 519. The Kier molecular flexibility index (Phi) is 7.31. The molecule has 3 N–H and O–H groups in total. The van der Waals surface area contributed by atoms with Gasteiger partial charge in [0.15, 0.2) is 0 Å². The maximum atomic E-state index is 10.9. The predicted molar refractivity (Wildman–Crippen MR) is 86.9 cm³/mol. The first-order valence-corrected chi connectivity index (χ1v) is 7.36. The molecule has 0 saturated heterocycles. The second-order valence-corrected chi connectivity index (χ2v) is 5.15. The van der Waals surface area contributed by atoms with E-state index in [0.29, 0.717) is 6.42 Å². The van der Waals surface area contributed by atoms with E-state index in [1.807, 2.05) is 20.9 Å². The summed E-state index contributed by atoms with van der Waals surface area (Å²) >= 11 is 0. The molecule has 0 fully saturated rings. The Morgan fingerprint density at radius 3 is 2.68 bits per heavy atom. The third-order valence-corrected chi connectivity index (χ3v) is 3.42. The van der Waals surface area contributed by atoms with Crippen molar-refractivity contribution in [1.82, 2.24) is 15.4 Å². The summed E-state index contributed by atoms with van der Waals surface area (Å²) in [5, 5.41) is 11.5. The molecule has 0 atom stereocenters. The van der Waals surface area contributed by atoms with Crippen LogP contribution in [0.5, 0.6) is 0 Å². The van der Waals surface area contributed by atoms with E-state index in [1.165, 1.54) is 6.33 Å². The minimum atomic E-state index is -0.345. The number of rotatable bonds is 9. The van der Waals surface area contributed by atoms with Gasteiger partial charge in [0.25, 0.3) is 0 Å². The maximum absolute atomic E-state index is 10.9. The Morgan fingerprint density at radius 2 is 2.09 bits per heavy atom. The quantitative estimate of drug-likeness (QED) is 0.368. The Hall–Kier alpha value is -2.15. The fourth-order valence-corrected chi connectivity index (χ4v) is 2.23. The van der Waals surface area contributed by atoms with E-state index in [1.54, 1.807) is 5.48 Å². The first-order valence-electron chi connectivity index (χ1n) is 7.36. The van der Waals surface area contributed by atoms with Crippen LogP contribution in [0.25, 0.3) is 0 Å². The van der Waals surface area contributed by atoms with Crippen LogP contribution in [-0.4, -0.2) is 34.7 Å². The lowest BCUT2D eigenvalue weighted by molar-refractivity contribution is -0.129. The smallest absolute Gasteiger partial charge is 0.243 e. The summed E-state index contributed by atoms with van der Waals surface area (Å²) in [6, 6.07) is 0. The minimum absolute atomic E-state index is 0.333. The topological polar surface area (TPSA) is 90.4 Å². The molecule has 1 rings (SSSR count). The zero-order valence-corrected chi connectivity index (χ0v) is 13.5. The van der Waals surface area contributed by atoms with Crippen LogP contribution in [0.2, 0.25) is 0 Å². The lowest BCUT2D eigenvalue weighted by atomic mass is 10.1. The lowest BCUT2D eigenvalue weighted by Gasteiger charge is -2.25. The molecule has 0 saturated carbocycles. The molecule has 22 heavy (non-hydrogen) atoms. The predicted octanol–water partition coefficient (Wildman–Crippen LogP) is 2.23. The molecule has 0 bridgehead atoms. The molecule has 1 aromatic heterocycles. The van der Waals surface area contributed by atoms with Crippen LogP contribution < -0.4 is 15.7 Å². The van der Waals surface area contributed by atoms with Crippen LogP contribution in [0.3, 0.4) is 0 Å². The number of amides is 1. The van der Waals surface area contributed by atoms with Crippen molar-refractivity contribution in [1.29, 1.82) is 0 Å². The van der Waals surface area contributed by atoms with Gasteiger partial charge in [0.1, 0.15) is 18.0 Å². The Balaban J connectivity index is 2.63. The fourth-order valence-electron chi connectivity index (χ4n) is 2.23. The number of nitrogens with zero attached hydrogens (tertiary/aromatic N) is 3. The van der Waals surface area contributed by atoms with Gasteiger partial charge in [-0.25, -0.2) is 15.4 Å². The molecule has 1 amide bonds. The summed E-state index contributed by atoms with van der Waals surface area (Å²) < 4.78 is 0. The van der Waals surface area contributed by atoms with Crippen LogP contribution in [-0.2, 0) is 4.79 Å². The lowest BCUT2D eigenvalue weighted by Crippen LogP contribution is -2.24. The average molecular weight is 307 g/mol. The summed E-state index contributed by atoms with van der Waals surface area (Å²) in [7, 11) is 1.83. The number of allylic oxidation sites excluding steroid dienone is 1. The number of anilines is 2. The van der Waals surface area contributed by atoms with Crippen LogP contribution in [0.4, 0.5) is 11.6 Å². The van der Waals surface area contributed by atoms with Gasteiger partial charge in [0.2, 0.25) is 5.91 Å². The average Bonchev–Trinajstić information content (AvgIpc) is 2.51. The molecular formula is C15H25N5O2. The van der Waals surface area contributed by atoms with Gasteiger partial charge >= 0.3 is 0 Å². The van der Waals surface area contributed by atoms with Crippen LogP contribution in [0.15, 0.2) is 18.6 Å². The third kappa shape index (κ3) is 5.00. The van der Waals surface area contributed by atoms with Gasteiger partial charge in [-0.05, 0) is 26.7 Å². The molecule has 0 spiro atoms. The van der Waals surface area contributed by atoms with Gasteiger partial charge in [0, 0.05) is 31.3 Å². The number of carbonyl (C=O) groups is 1. The summed E-state index contributed by atoms with van der Waals surface area (Å²) in [4.78, 5) is 21.6. The highest BCUT2D eigenvalue weighted by atomic mass is 16.5. The number of nitrogens with one attached hydrogen (secondary N) is 2. The monoisotopic (exact) mass is 307 g/mol. The standard InChI is InChI=1S/C15H25N5O2/c1-11(2)20(9-7-5-6-8-13(21)19-22)15-12(3)14(16-4)17-10-18-15/h10,22H,1,5-9H2,2-4H3,(H,19,21)(H,16,17,18). The molecule has 7 heteroatoms. The molecule has 122 valence electrons. The van der Waals surface area contributed by atoms with E-state index in [4.69, 9.17) is 5.21 Å². The number of unbranched alkanes of at least 4 members (excludes halogenated alkanes) is 2. The third-order valence-electron chi connectivity index (χ3n) is 3.42. The number of hydrogen-bond acceptors (Lipinski definition) is 6. The van der Waals surface area contributed by atoms with E-state index in [-0.39, 0.29) is 5.91 Å². The van der Waals surface area contributed by atoms with E-state index < -0.39 is 0 Å². The molecule has 0 aromatic carbocycles. The van der Waals surface area contributed by atoms with Gasteiger partial charge in [-0.2, -0.15) is 0 Å². The van der Waals surface area contributed by atoms with Crippen molar-refractivity contribution >= 4 is 17.5 Å². The number of carbonyl (C=O) groups excluding carboxylic acids is 1. The van der Waals surface area contributed by atoms with Crippen molar-refractivity contribution in [3.63, 3.8) is 0 Å². The molecule has 0 aliphatic carbocycles. The first kappa shape index (κ1) is 17.9. The zero-order chi connectivity index (χ0) is 16.5. The van der Waals surface area contributed by atoms with Crippen LogP contribution in [0.1, 0.15) is 38.2 Å². The van der Waals surface area contributed by atoms with Crippen LogP contribution in [0, 0.1) is 6.92 Å². The molecule has 1 heterocycles. The SMILES string of the molecule is C=C(C)N(CCCCCC(=O)NO)c1ncnc(NC)c1C. The van der Waals surface area contributed by atoms with E-state index in [0.717, 1.165) is 48.7 Å². The second-order valence-electron chi connectivity index (χ2n) is 5.15. The number of aromatic nitrogens is 2. The van der Waals surface area contributed by atoms with E-state index in [2.05, 4.69) is 26.8 Å². The summed E-state index contributed by atoms with van der Waals surface area (Å²) in [6.07, 6.45) is 4.40. The fraction of sp³-hybridized carbons (Fsp3) is 0.533. The number of hydroxylamine groups is 1. The van der Waals surface area contributed by atoms with Crippen molar-refractivity contribution in [2.45, 2.75) is 39.5 Å². The van der Waals surface area contributed by atoms with Crippen LogP contribution >= 0.6 is 0 Å². The Labute approximate surface area is 131 Å². The van der Waals surface area contributed by atoms with Crippen molar-refractivity contribution in [2.24, 2.45) is 0 Å². The Morgan fingerprint density at radius 1 is 1.36 bits per heavy atom. The molecule has 0 aliphatic heterocycles. The van der Waals surface area contributed by atoms with Crippen molar-refractivity contribution in [2.75, 3.05) is 23.8 Å². The highest BCUT2D eigenvalue weighted by Gasteiger charge is 2.14. The van der Waals surface area contributed by atoms with Crippen molar-refractivity contribution < 1.29 is 10.0 Å². The second kappa shape index (κ2) is 8.99. The zero-order valence-electron chi connectivity index (χ0n) is 13.5. The molecule has 0 unspecified atom stereocenters. The molecule has 7 nitrogen and oxygen atoms in total. The van der Waals surface area contributed by atoms with Gasteiger partial charge in [-0.3, -0.25) is 10.0 Å². The normalized spacial score (nSPS) is 10.2. The number of hydrogen-bond donors (Lipinski definition) is 3. The first-order chi connectivity index (χ1) is 10.5. The summed E-state index contributed by atoms with van der Waals surface area (Å²) in [5.41, 5.74) is 3.53. The van der Waals surface area contributed by atoms with Gasteiger partial charge in [0.05, 0.1) is 0 Å².